The van der Waals surface area contributed by atoms with E-state index in [4.69, 9.17) is 4.74 Å². The third-order valence-corrected chi connectivity index (χ3v) is 3.52. The summed E-state index contributed by atoms with van der Waals surface area (Å²) in [7, 11) is 0. The Morgan fingerprint density at radius 3 is 2.77 bits per heavy atom. The van der Waals surface area contributed by atoms with E-state index >= 15 is 0 Å². The first-order valence-electron chi connectivity index (χ1n) is 7.07. The van der Waals surface area contributed by atoms with Gasteiger partial charge in [-0.15, -0.1) is 0 Å². The van der Waals surface area contributed by atoms with Crippen LogP contribution in [0.5, 0.6) is 0 Å². The van der Waals surface area contributed by atoms with E-state index in [0.29, 0.717) is 5.56 Å². The number of H-pyrrole nitrogens is 1. The number of hydrogen-bond donors (Lipinski definition) is 2. The van der Waals surface area contributed by atoms with Gasteiger partial charge in [-0.05, 0) is 37.5 Å². The molecular weight excluding hydrogens is 282 g/mol. The highest BCUT2D eigenvalue weighted by atomic mass is 16.5. The van der Waals surface area contributed by atoms with E-state index in [-0.39, 0.29) is 12.5 Å². The number of carbonyl (C=O) groups excluding carboxylic acids is 2. The number of carbonyl (C=O) groups is 2. The molecule has 1 heterocycles. The molecule has 1 aromatic heterocycles. The third-order valence-electron chi connectivity index (χ3n) is 3.52. The van der Waals surface area contributed by atoms with Crippen molar-refractivity contribution in [2.45, 2.75) is 26.8 Å². The van der Waals surface area contributed by atoms with Gasteiger partial charge < -0.3 is 10.1 Å². The molecule has 6 heteroatoms. The molecule has 0 aliphatic rings. The highest BCUT2D eigenvalue weighted by Crippen LogP contribution is 2.22. The lowest BCUT2D eigenvalue weighted by Gasteiger charge is -2.20. The molecule has 116 valence electrons. The largest absolute Gasteiger partial charge is 0.464 e. The molecule has 0 bridgehead atoms. The zero-order valence-corrected chi connectivity index (χ0v) is 12.8. The highest BCUT2D eigenvalue weighted by molar-refractivity contribution is 5.96. The molecule has 1 aromatic carbocycles. The number of nitrogens with zero attached hydrogens (tertiary/aromatic N) is 1. The highest BCUT2D eigenvalue weighted by Gasteiger charge is 2.26. The van der Waals surface area contributed by atoms with Crippen LogP contribution in [0.4, 0.5) is 0 Å². The van der Waals surface area contributed by atoms with Gasteiger partial charge in [-0.25, -0.2) is 4.79 Å². The molecule has 6 nitrogen and oxygen atoms in total. The first-order valence-corrected chi connectivity index (χ1v) is 7.07. The Morgan fingerprint density at radius 1 is 1.36 bits per heavy atom. The van der Waals surface area contributed by atoms with E-state index in [9.17, 15) is 9.59 Å². The number of aromatic nitrogens is 2. The molecule has 0 fully saturated rings. The summed E-state index contributed by atoms with van der Waals surface area (Å²) in [5, 5.41) is 9.02. The monoisotopic (exact) mass is 301 g/mol. The van der Waals surface area contributed by atoms with Crippen LogP contribution >= 0.6 is 0 Å². The number of ether oxygens (including phenoxy) is 1. The van der Waals surface area contributed by atoms with Gasteiger partial charge in [0.05, 0.1) is 18.4 Å². The summed E-state index contributed by atoms with van der Waals surface area (Å²) in [6.45, 7) is 5.86. The lowest BCUT2D eigenvalue weighted by atomic mass is 9.97. The molecule has 0 aliphatic heterocycles. The fourth-order valence-corrected chi connectivity index (χ4v) is 2.17. The Hall–Kier alpha value is -2.63. The SMILES string of the molecule is CCOC(=O)C(NC(=O)c1cn[nH]c1)c1cccc(C)c1C. The lowest BCUT2D eigenvalue weighted by Crippen LogP contribution is -2.35. The molecular formula is C16H19N3O3. The Bertz CT molecular complexity index is 665. The van der Waals surface area contributed by atoms with Gasteiger partial charge in [0.1, 0.15) is 0 Å². The fraction of sp³-hybridized carbons (Fsp3) is 0.312. The normalized spacial score (nSPS) is 11.8. The summed E-state index contributed by atoms with van der Waals surface area (Å²) >= 11 is 0. The van der Waals surface area contributed by atoms with E-state index < -0.39 is 12.0 Å². The molecule has 0 aliphatic carbocycles. The van der Waals surface area contributed by atoms with E-state index in [0.717, 1.165) is 16.7 Å². The second-order valence-electron chi connectivity index (χ2n) is 4.93. The lowest BCUT2D eigenvalue weighted by molar-refractivity contribution is -0.145. The minimum atomic E-state index is -0.845. The van der Waals surface area contributed by atoms with Gasteiger partial charge in [0, 0.05) is 6.20 Å². The van der Waals surface area contributed by atoms with Crippen LogP contribution < -0.4 is 5.32 Å². The predicted molar refractivity (Wildman–Crippen MR) is 81.3 cm³/mol. The van der Waals surface area contributed by atoms with Crippen LogP contribution in [0, 0.1) is 13.8 Å². The maximum atomic E-state index is 12.3. The standard InChI is InChI=1S/C16H19N3O3/c1-4-22-16(21)14(13-7-5-6-10(2)11(13)3)19-15(20)12-8-17-18-9-12/h5-9,14H,4H2,1-3H3,(H,17,18)(H,19,20). The second kappa shape index (κ2) is 6.89. The van der Waals surface area contributed by atoms with Crippen LogP contribution in [-0.2, 0) is 9.53 Å². The first kappa shape index (κ1) is 15.8. The number of hydrogen-bond acceptors (Lipinski definition) is 4. The zero-order chi connectivity index (χ0) is 16.1. The van der Waals surface area contributed by atoms with Gasteiger partial charge in [0.15, 0.2) is 6.04 Å². The Morgan fingerprint density at radius 2 is 2.14 bits per heavy atom. The van der Waals surface area contributed by atoms with Crippen LogP contribution in [0.3, 0.4) is 0 Å². The van der Waals surface area contributed by atoms with Crippen LogP contribution in [0.25, 0.3) is 0 Å². The number of nitrogens with one attached hydrogen (secondary N) is 2. The molecule has 0 radical (unpaired) electrons. The Labute approximate surface area is 128 Å². The average Bonchev–Trinajstić information content (AvgIpc) is 3.02. The second-order valence-corrected chi connectivity index (χ2v) is 4.93. The zero-order valence-electron chi connectivity index (χ0n) is 12.8. The Kier molecular flexibility index (Phi) is 4.93. The number of rotatable bonds is 5. The molecule has 1 atom stereocenters. The maximum Gasteiger partial charge on any atom is 0.333 e. The summed E-state index contributed by atoms with van der Waals surface area (Å²) in [5.41, 5.74) is 3.09. The maximum absolute atomic E-state index is 12.3. The average molecular weight is 301 g/mol. The van der Waals surface area contributed by atoms with Gasteiger partial charge in [-0.3, -0.25) is 9.89 Å². The first-order chi connectivity index (χ1) is 10.5. The van der Waals surface area contributed by atoms with Gasteiger partial charge >= 0.3 is 5.97 Å². The quantitative estimate of drug-likeness (QED) is 0.828. The van der Waals surface area contributed by atoms with Crippen molar-refractivity contribution in [1.82, 2.24) is 15.5 Å². The van der Waals surface area contributed by atoms with Crippen molar-refractivity contribution in [2.75, 3.05) is 6.61 Å². The predicted octanol–water partition coefficient (Wildman–Crippen LogP) is 2.06. The van der Waals surface area contributed by atoms with Crippen molar-refractivity contribution in [3.05, 3.63) is 52.8 Å². The van der Waals surface area contributed by atoms with Crippen molar-refractivity contribution >= 4 is 11.9 Å². The smallest absolute Gasteiger partial charge is 0.333 e. The van der Waals surface area contributed by atoms with E-state index in [2.05, 4.69) is 15.5 Å². The molecule has 2 aromatic rings. The minimum absolute atomic E-state index is 0.252. The molecule has 0 saturated carbocycles. The van der Waals surface area contributed by atoms with Gasteiger partial charge in [0.2, 0.25) is 0 Å². The fourth-order valence-electron chi connectivity index (χ4n) is 2.17. The van der Waals surface area contributed by atoms with Gasteiger partial charge in [-0.1, -0.05) is 18.2 Å². The molecule has 0 saturated heterocycles. The van der Waals surface area contributed by atoms with Crippen LogP contribution in [0.2, 0.25) is 0 Å². The molecule has 2 rings (SSSR count). The number of aromatic amines is 1. The van der Waals surface area contributed by atoms with E-state index in [1.165, 1.54) is 12.4 Å². The van der Waals surface area contributed by atoms with Crippen LogP contribution in [-0.4, -0.2) is 28.7 Å². The van der Waals surface area contributed by atoms with Gasteiger partial charge in [0.25, 0.3) is 5.91 Å². The number of aryl methyl sites for hydroxylation is 1. The third kappa shape index (κ3) is 3.33. The number of amides is 1. The molecule has 1 amide bonds. The summed E-state index contributed by atoms with van der Waals surface area (Å²) in [6, 6.07) is 4.79. The van der Waals surface area contributed by atoms with Gasteiger partial charge in [-0.2, -0.15) is 5.10 Å². The van der Waals surface area contributed by atoms with Crippen molar-refractivity contribution in [2.24, 2.45) is 0 Å². The van der Waals surface area contributed by atoms with Crippen molar-refractivity contribution in [3.63, 3.8) is 0 Å². The van der Waals surface area contributed by atoms with Crippen molar-refractivity contribution in [1.29, 1.82) is 0 Å². The summed E-state index contributed by atoms with van der Waals surface area (Å²) < 4.78 is 5.09. The minimum Gasteiger partial charge on any atom is -0.464 e. The number of benzene rings is 1. The molecule has 22 heavy (non-hydrogen) atoms. The molecule has 1 unspecified atom stereocenters. The van der Waals surface area contributed by atoms with Crippen molar-refractivity contribution < 1.29 is 14.3 Å². The van der Waals surface area contributed by atoms with Crippen molar-refractivity contribution in [3.8, 4) is 0 Å². The summed E-state index contributed by atoms with van der Waals surface area (Å²) in [6.07, 6.45) is 2.88. The van der Waals surface area contributed by atoms with E-state index in [1.807, 2.05) is 32.0 Å². The topological polar surface area (TPSA) is 84.1 Å². The Balaban J connectivity index is 2.32. The van der Waals surface area contributed by atoms with Crippen LogP contribution in [0.15, 0.2) is 30.6 Å². The van der Waals surface area contributed by atoms with E-state index in [1.54, 1.807) is 6.92 Å². The summed E-state index contributed by atoms with van der Waals surface area (Å²) in [4.78, 5) is 24.5. The van der Waals surface area contributed by atoms with Crippen LogP contribution in [0.1, 0.15) is 40.0 Å². The number of esters is 1. The molecule has 0 spiro atoms. The molecule has 2 N–H and O–H groups in total. The summed E-state index contributed by atoms with van der Waals surface area (Å²) in [5.74, 6) is -0.860.